The normalized spacial score (nSPS) is 14.2. The van der Waals surface area contributed by atoms with E-state index < -0.39 is 62.3 Å². The molecule has 9 N–H and O–H groups in total. The number of aliphatic hydroxyl groups excluding tert-OH is 1. The Morgan fingerprint density at radius 2 is 0.983 bits per heavy atom. The van der Waals surface area contributed by atoms with Gasteiger partial charge in [0.1, 0.15) is 47.9 Å². The van der Waals surface area contributed by atoms with Gasteiger partial charge in [0.2, 0.25) is 41.4 Å². The molecule has 0 unspecified atom stereocenters. The van der Waals surface area contributed by atoms with Crippen LogP contribution < -0.4 is 35.6 Å². The first-order valence-corrected chi connectivity index (χ1v) is 42.4. The third kappa shape index (κ3) is 22.8. The number of benzene rings is 6. The Kier molecular flexibility index (Phi) is 28.9. The van der Waals surface area contributed by atoms with Gasteiger partial charge in [0.05, 0.1) is 83.6 Å². The largest absolute Gasteiger partial charge is 0.494 e. The highest BCUT2D eigenvalue weighted by Gasteiger charge is 2.34. The number of anilines is 2. The van der Waals surface area contributed by atoms with Crippen molar-refractivity contribution < 1.29 is 48.1 Å². The third-order valence-corrected chi connectivity index (χ3v) is 22.9. The summed E-state index contributed by atoms with van der Waals surface area (Å²) in [4.78, 5) is 153. The zero-order valence-electron chi connectivity index (χ0n) is 69.4. The monoisotopic (exact) mass is 1650 g/mol. The molecule has 2 aliphatic heterocycles. The number of amides is 7. The number of nitrogens with one attached hydrogen (secondary N) is 6. The maximum atomic E-state index is 15.1. The number of piperazine rings is 2. The number of fused-ring (bicyclic) bond motifs is 4. The van der Waals surface area contributed by atoms with Crippen molar-refractivity contribution in [1.29, 1.82) is 0 Å². The number of aromatic nitrogens is 9. The van der Waals surface area contributed by atoms with Crippen LogP contribution in [0.25, 0.3) is 89.7 Å². The number of pyridine rings is 1. The number of aliphatic hydroxyl groups is 1. The summed E-state index contributed by atoms with van der Waals surface area (Å²) in [6.07, 6.45) is 9.50. The number of nitrogens with two attached hydrogens (primary N) is 1. The maximum Gasteiger partial charge on any atom is 0.242 e. The maximum absolute atomic E-state index is 15.1. The number of carbonyl (C=O) groups excluding carboxylic acids is 7. The third-order valence-electron chi connectivity index (χ3n) is 22.9. The number of unbranched alkanes of at least 4 members (excludes halogenated alkanes) is 1. The van der Waals surface area contributed by atoms with Crippen molar-refractivity contribution in [2.45, 2.75) is 89.6 Å². The van der Waals surface area contributed by atoms with E-state index in [0.717, 1.165) is 161 Å². The molecule has 11 aromatic rings. The van der Waals surface area contributed by atoms with E-state index in [4.69, 9.17) is 35.1 Å². The van der Waals surface area contributed by atoms with Crippen molar-refractivity contribution in [3.63, 3.8) is 0 Å². The number of hydrogen-bond acceptors (Lipinski definition) is 20. The summed E-state index contributed by atoms with van der Waals surface area (Å²) in [5.41, 5.74) is 19.2. The molecule has 5 aromatic heterocycles. The number of ether oxygens (including phenoxy) is 2. The molecule has 0 spiro atoms. The Morgan fingerprint density at radius 1 is 0.479 bits per heavy atom. The van der Waals surface area contributed by atoms with Gasteiger partial charge >= 0.3 is 0 Å². The topological polar surface area (TPSA) is 365 Å². The highest BCUT2D eigenvalue weighted by atomic mass is 16.5. The van der Waals surface area contributed by atoms with Crippen LogP contribution in [0.4, 0.5) is 11.4 Å². The lowest BCUT2D eigenvalue weighted by molar-refractivity contribution is -0.149. The van der Waals surface area contributed by atoms with Crippen molar-refractivity contribution in [3.8, 4) is 57.1 Å². The Labute approximate surface area is 703 Å². The zero-order chi connectivity index (χ0) is 84.1. The van der Waals surface area contributed by atoms with E-state index in [0.29, 0.717) is 67.4 Å². The Morgan fingerprint density at radius 3 is 1.53 bits per heavy atom. The summed E-state index contributed by atoms with van der Waals surface area (Å²) >= 11 is 0. The Balaban J connectivity index is 0.547. The average Bonchev–Trinajstić information content (AvgIpc) is 1.64. The van der Waals surface area contributed by atoms with E-state index in [-0.39, 0.29) is 89.6 Å². The van der Waals surface area contributed by atoms with Crippen molar-refractivity contribution in [1.82, 2.24) is 89.8 Å². The first-order chi connectivity index (χ1) is 58.9. The lowest BCUT2D eigenvalue weighted by atomic mass is 9.94. The molecule has 0 atom stereocenters. The van der Waals surface area contributed by atoms with E-state index in [1.807, 2.05) is 92.0 Å². The number of nitrogens with zero attached hydrogens (tertiary/aromatic N) is 14. The van der Waals surface area contributed by atoms with Gasteiger partial charge in [-0.15, -0.1) is 0 Å². The van der Waals surface area contributed by atoms with Crippen LogP contribution in [0, 0.1) is 0 Å². The lowest BCUT2D eigenvalue weighted by Crippen LogP contribution is -2.54. The summed E-state index contributed by atoms with van der Waals surface area (Å²) in [6.45, 7) is 6.58. The summed E-state index contributed by atoms with van der Waals surface area (Å²) in [5, 5.41) is 16.4. The number of hydrogen-bond donors (Lipinski definition) is 8. The molecule has 7 heterocycles. The predicted octanol–water partition coefficient (Wildman–Crippen LogP) is 8.44. The average molecular weight is 1650 g/mol. The summed E-state index contributed by atoms with van der Waals surface area (Å²) in [6, 6.07) is 43.3. The van der Waals surface area contributed by atoms with Gasteiger partial charge in [0.15, 0.2) is 0 Å². The van der Waals surface area contributed by atoms with Crippen molar-refractivity contribution >= 4 is 96.9 Å². The fraction of sp³-hybridized carbons (Fsp3) is 0.422. The first-order valence-electron chi connectivity index (χ1n) is 42.4. The van der Waals surface area contributed by atoms with Crippen LogP contribution in [0.2, 0.25) is 0 Å². The molecule has 1 saturated carbocycles. The summed E-state index contributed by atoms with van der Waals surface area (Å²) < 4.78 is 12.4. The van der Waals surface area contributed by atoms with Crippen molar-refractivity contribution in [2.24, 2.45) is 5.73 Å². The van der Waals surface area contributed by atoms with Crippen molar-refractivity contribution in [2.75, 3.05) is 169 Å². The van der Waals surface area contributed by atoms with E-state index in [2.05, 4.69) is 106 Å². The van der Waals surface area contributed by atoms with Crippen LogP contribution in [-0.2, 0) is 40.1 Å². The Hall–Kier alpha value is -12.3. The number of primary amides is 1. The molecule has 0 radical (unpaired) electrons. The summed E-state index contributed by atoms with van der Waals surface area (Å²) in [7, 11) is 6.16. The van der Waals surface area contributed by atoms with Crippen LogP contribution in [0.3, 0.4) is 0 Å². The molecule has 2 saturated heterocycles. The zero-order valence-corrected chi connectivity index (χ0v) is 69.4. The number of rotatable bonds is 40. The van der Waals surface area contributed by atoms with Gasteiger partial charge in [-0.25, -0.2) is 19.9 Å². The molecule has 3 aliphatic rings. The second-order valence-corrected chi connectivity index (χ2v) is 31.8. The Bertz CT molecular complexity index is 5370. The highest BCUT2D eigenvalue weighted by Crippen LogP contribution is 2.33. The molecule has 6 aromatic carbocycles. The van der Waals surface area contributed by atoms with Gasteiger partial charge in [0, 0.05) is 150 Å². The fourth-order valence-electron chi connectivity index (χ4n) is 16.0. The van der Waals surface area contributed by atoms with Gasteiger partial charge in [-0.1, -0.05) is 49.6 Å². The highest BCUT2D eigenvalue weighted by molar-refractivity contribution is 5.94. The van der Waals surface area contributed by atoms with Crippen LogP contribution in [0.5, 0.6) is 11.5 Å². The van der Waals surface area contributed by atoms with Crippen LogP contribution in [-0.4, -0.2) is 290 Å². The summed E-state index contributed by atoms with van der Waals surface area (Å²) in [5.74, 6) is 0.557. The van der Waals surface area contributed by atoms with Gasteiger partial charge in [-0.2, -0.15) is 0 Å². The predicted molar refractivity (Wildman–Crippen MR) is 467 cm³/mol. The number of aromatic amines is 4. The number of imidazole rings is 4. The lowest BCUT2D eigenvalue weighted by Gasteiger charge is -2.37. The molecule has 636 valence electrons. The molecule has 31 heteroatoms. The molecule has 121 heavy (non-hydrogen) atoms. The van der Waals surface area contributed by atoms with Crippen LogP contribution >= 0.6 is 0 Å². The molecular formula is C90H111N21O10. The second kappa shape index (κ2) is 41.1. The minimum atomic E-state index is -0.792. The van der Waals surface area contributed by atoms with Gasteiger partial charge in [-0.05, 0) is 181 Å². The quantitative estimate of drug-likeness (QED) is 0.0167. The number of likely N-dealkylation sites (N-methyl/N-ethyl adjacent to an activating group) is 2. The molecule has 31 nitrogen and oxygen atoms in total. The van der Waals surface area contributed by atoms with Crippen LogP contribution in [0.1, 0.15) is 82.6 Å². The number of carbonyl (C=O) groups is 7. The van der Waals surface area contributed by atoms with E-state index >= 15 is 4.79 Å². The second-order valence-electron chi connectivity index (χ2n) is 31.8. The minimum absolute atomic E-state index is 0.00429. The molecule has 1 aliphatic carbocycles. The first kappa shape index (κ1) is 85.1. The van der Waals surface area contributed by atoms with Gasteiger partial charge < -0.3 is 95.0 Å². The van der Waals surface area contributed by atoms with Crippen molar-refractivity contribution in [3.05, 3.63) is 151 Å². The SMILES string of the molecule is CNCCCCN(CC(=O)N(CC(=O)N(CC(=O)N(CCO)CC(=O)N(CCCNC(=O)CCCOc1cccc(-c2nc3ccc(-c4nc5cc(N6CCN(C)CC6)ccc5[nH]4)cc3[nH]2)c1)CC(N)=O)C1CCCCC1)Cc1cccnc1)C(=O)CCCOc1cccc(-c2nc3ccc(-c4nc5cc(N6CCN(C)CC6)ccc5[nH]4)cc3[nH]2)c1. The minimum Gasteiger partial charge on any atom is -0.494 e. The molecule has 7 amide bonds. The smallest absolute Gasteiger partial charge is 0.242 e. The molecule has 14 rings (SSSR count). The standard InChI is InChI=1S/C90H111N21O10/c1-92-32-7-8-35-108(82(115)23-13-48-121-71-21-10-17-64(50-71)88-96-73-29-25-66(52-77(73)100-88)90-98-75-31-27-69(54-79(75)102-90)106-43-39-104(3)40-44-106)59-84(117)110(56-62-15-11-33-93-55-62)60-86(119)111(67-18-5-4-6-19-67)61-85(118)109(45-46-112)58-83(116)107(57-80(91)113)36-14-34-94-81(114)22-12-47-120-70-20-9-16-63(49-70)87-95-72-28-24-65(51-76(72)99-87)89-97-74-30-26-68(53-78(74)101-89)105-41-37-103(2)38-42-105/h9-11,15-17,20-21,24-31,33,49-55,67,92,112H,4-8,12-14,18-19,22-23,32,34-48,56-61H2,1-3H3,(H2,91,113)(H,94,114)(H,95,99)(H,96,100)(H,97,101)(H,98,102). The van der Waals surface area contributed by atoms with E-state index in [1.165, 1.54) is 26.1 Å². The number of H-pyrrole nitrogens is 4. The molecule has 0 bridgehead atoms. The van der Waals surface area contributed by atoms with Crippen LogP contribution in [0.15, 0.2) is 146 Å². The van der Waals surface area contributed by atoms with Gasteiger partial charge in [0.25, 0.3) is 0 Å². The van der Waals surface area contributed by atoms with E-state index in [1.54, 1.807) is 29.4 Å². The van der Waals surface area contributed by atoms with E-state index in [9.17, 15) is 33.9 Å². The van der Waals surface area contributed by atoms with Gasteiger partial charge in [-0.3, -0.25) is 38.5 Å². The molecule has 3 fully saturated rings. The molecular weight excluding hydrogens is 1540 g/mol. The fourth-order valence-corrected chi connectivity index (χ4v) is 16.0.